The summed E-state index contributed by atoms with van der Waals surface area (Å²) in [5.41, 5.74) is 1.28. The third-order valence-electron chi connectivity index (χ3n) is 17.5. The van der Waals surface area contributed by atoms with Crippen molar-refractivity contribution in [1.82, 2.24) is 0 Å². The first kappa shape index (κ1) is 49.4. The fraction of sp³-hybridized carbons (Fsp3) is 0.956. The highest BCUT2D eigenvalue weighted by Gasteiger charge is 2.68. The Labute approximate surface area is 373 Å². The van der Waals surface area contributed by atoms with Crippen LogP contribution < -0.4 is 0 Å². The third-order valence-corrected chi connectivity index (χ3v) is 17.5. The van der Waals surface area contributed by atoms with Crippen molar-refractivity contribution in [2.24, 2.45) is 46.3 Å². The summed E-state index contributed by atoms with van der Waals surface area (Å²) in [6, 6.07) is 0. The van der Waals surface area contributed by atoms with Gasteiger partial charge in [-0.15, -0.1) is 0 Å². The molecule has 2 unspecified atom stereocenters. The number of allylic oxidation sites excluding steroid dienone is 1. The van der Waals surface area contributed by atoms with E-state index in [1.165, 1.54) is 5.57 Å². The number of aliphatic hydroxyl groups is 12. The van der Waals surface area contributed by atoms with Gasteiger partial charge in [0.15, 0.2) is 24.7 Å². The van der Waals surface area contributed by atoms with Crippen LogP contribution in [0.5, 0.6) is 0 Å². The molecule has 4 aliphatic heterocycles. The summed E-state index contributed by atoms with van der Waals surface area (Å²) in [4.78, 5) is 0. The minimum Gasteiger partial charge on any atom is -0.396 e. The van der Waals surface area contributed by atoms with Gasteiger partial charge in [0.1, 0.15) is 73.2 Å². The lowest BCUT2D eigenvalue weighted by Gasteiger charge is -2.58. The highest BCUT2D eigenvalue weighted by molar-refractivity contribution is 5.26. The predicted octanol–water partition coefficient (Wildman–Crippen LogP) is -1.86. The Hall–Kier alpha value is -1.02. The van der Waals surface area contributed by atoms with Gasteiger partial charge in [0.05, 0.1) is 32.0 Å². The van der Waals surface area contributed by atoms with Gasteiger partial charge in [0.2, 0.25) is 0 Å². The largest absolute Gasteiger partial charge is 0.396 e. The molecule has 0 radical (unpaired) electrons. The molecule has 0 spiro atoms. The van der Waals surface area contributed by atoms with Gasteiger partial charge < -0.3 is 94.4 Å². The Balaban J connectivity index is 0.912. The lowest BCUT2D eigenvalue weighted by atomic mass is 9.47. The molecule has 368 valence electrons. The number of ether oxygens (including phenoxy) is 7. The molecule has 0 bridgehead atoms. The quantitative estimate of drug-likeness (QED) is 0.0902. The second-order valence-corrected chi connectivity index (χ2v) is 21.0. The summed E-state index contributed by atoms with van der Waals surface area (Å²) in [5.74, 6) is 0.577. The van der Waals surface area contributed by atoms with Gasteiger partial charge >= 0.3 is 0 Å². The SMILES string of the molecule is CC(CO)CCC1(O)O[C@H]2C[C@H]3[C@@H]4CC=C5C[C@@H](O[C@@H]6O[C@H](CO)[C@@H](O[C@@H]7O[C@H](CO)[C@@H](O)[C@H](O)[C@H]7O[C@@H]7O[C@H](CO)[C@@H](O)[C@H](O)[C@H]7O)[C@H](O)[C@H]6O)CC[C@]5(C)[C@H]4CC[C@]3(C)[C@H]2[C@@H]1C. The first-order valence-corrected chi connectivity index (χ1v) is 23.6. The second-order valence-electron chi connectivity index (χ2n) is 21.0. The topological polar surface area (TPSA) is 307 Å². The van der Waals surface area contributed by atoms with Gasteiger partial charge in [-0.2, -0.15) is 0 Å². The van der Waals surface area contributed by atoms with Gasteiger partial charge in [-0.25, -0.2) is 0 Å². The van der Waals surface area contributed by atoms with Gasteiger partial charge in [0.25, 0.3) is 0 Å². The van der Waals surface area contributed by atoms with Crippen molar-refractivity contribution >= 4 is 0 Å². The van der Waals surface area contributed by atoms with Crippen LogP contribution in [0.1, 0.15) is 85.5 Å². The maximum atomic E-state index is 11.7. The van der Waals surface area contributed by atoms with E-state index in [0.717, 1.165) is 32.1 Å². The fourth-order valence-electron chi connectivity index (χ4n) is 13.6. The zero-order valence-electron chi connectivity index (χ0n) is 37.3. The molecule has 3 saturated carbocycles. The molecule has 19 nitrogen and oxygen atoms in total. The standard InChI is InChI=1S/C45H74O19/c1-19(15-46)7-12-45(57)20(2)30-26(64-45)14-25-23-6-5-21-13-22(8-10-43(21,3)24(23)9-11-44(25,30)4)58-40-37(56)35(54)38(29(18-49)61-40)62-42-39(34(53)32(51)28(17-48)60-42)63-41-36(55)33(52)31(50)27(16-47)59-41/h5,19-20,22-42,46-57H,6-18H2,1-4H3/t19?,20-,22-,23+,24-,25-,26-,27+,28+,29+,30-,31+,32+,33-,34-,35+,36+,37+,38+,39+,40+,41-,42-,43-,44-,45?/m0/s1. The van der Waals surface area contributed by atoms with E-state index in [-0.39, 0.29) is 47.4 Å². The van der Waals surface area contributed by atoms with Crippen molar-refractivity contribution in [3.63, 3.8) is 0 Å². The predicted molar refractivity (Wildman–Crippen MR) is 219 cm³/mol. The van der Waals surface area contributed by atoms with E-state index in [2.05, 4.69) is 26.8 Å². The van der Waals surface area contributed by atoms with E-state index >= 15 is 0 Å². The van der Waals surface area contributed by atoms with Crippen LogP contribution in [0.2, 0.25) is 0 Å². The molecule has 7 fully saturated rings. The first-order chi connectivity index (χ1) is 30.3. The normalized spacial score (nSPS) is 54.3. The first-order valence-electron chi connectivity index (χ1n) is 23.6. The summed E-state index contributed by atoms with van der Waals surface area (Å²) in [6.45, 7) is 6.72. The summed E-state index contributed by atoms with van der Waals surface area (Å²) in [7, 11) is 0. The lowest BCUT2D eigenvalue weighted by molar-refractivity contribution is -0.390. The molecule has 0 aromatic rings. The number of hydrogen-bond donors (Lipinski definition) is 12. The van der Waals surface area contributed by atoms with E-state index in [1.54, 1.807) is 0 Å². The van der Waals surface area contributed by atoms with Gasteiger partial charge in [-0.1, -0.05) is 39.3 Å². The summed E-state index contributed by atoms with van der Waals surface area (Å²) in [6.07, 6.45) is -15.6. The molecular formula is C45H74O19. The molecular weight excluding hydrogens is 844 g/mol. The van der Waals surface area contributed by atoms with E-state index in [4.69, 9.17) is 33.2 Å². The van der Waals surface area contributed by atoms with Crippen molar-refractivity contribution in [2.75, 3.05) is 26.4 Å². The zero-order chi connectivity index (χ0) is 46.2. The van der Waals surface area contributed by atoms with Crippen LogP contribution in [0.4, 0.5) is 0 Å². The molecule has 4 saturated heterocycles. The van der Waals surface area contributed by atoms with Crippen LogP contribution in [0, 0.1) is 46.3 Å². The van der Waals surface area contributed by atoms with Crippen LogP contribution in [-0.2, 0) is 33.2 Å². The highest BCUT2D eigenvalue weighted by Crippen LogP contribution is 2.70. The molecule has 0 aromatic carbocycles. The van der Waals surface area contributed by atoms with Crippen molar-refractivity contribution < 1.29 is 94.4 Å². The van der Waals surface area contributed by atoms with Crippen LogP contribution in [0.3, 0.4) is 0 Å². The van der Waals surface area contributed by atoms with E-state index in [9.17, 15) is 61.3 Å². The Bertz CT molecular complexity index is 1620. The number of hydrogen-bond acceptors (Lipinski definition) is 19. The molecule has 19 heteroatoms. The van der Waals surface area contributed by atoms with Crippen LogP contribution in [0.25, 0.3) is 0 Å². The van der Waals surface area contributed by atoms with Crippen molar-refractivity contribution in [3.8, 4) is 0 Å². The molecule has 8 rings (SSSR count). The maximum absolute atomic E-state index is 11.7. The minimum absolute atomic E-state index is 0.00365. The second kappa shape index (κ2) is 19.1. The van der Waals surface area contributed by atoms with Gasteiger partial charge in [-0.3, -0.25) is 0 Å². The van der Waals surface area contributed by atoms with E-state index in [1.807, 2.05) is 6.92 Å². The molecule has 4 heterocycles. The van der Waals surface area contributed by atoms with E-state index in [0.29, 0.717) is 43.4 Å². The molecule has 12 N–H and O–H groups in total. The number of fused-ring (bicyclic) bond motifs is 7. The molecule has 0 amide bonds. The summed E-state index contributed by atoms with van der Waals surface area (Å²) in [5, 5.41) is 127. The van der Waals surface area contributed by atoms with Crippen LogP contribution >= 0.6 is 0 Å². The average Bonchev–Trinajstić information content (AvgIpc) is 3.72. The number of aliphatic hydroxyl groups excluding tert-OH is 11. The zero-order valence-corrected chi connectivity index (χ0v) is 37.3. The van der Waals surface area contributed by atoms with Crippen molar-refractivity contribution in [2.45, 2.75) is 196 Å². The highest BCUT2D eigenvalue weighted by atomic mass is 16.8. The monoisotopic (exact) mass is 918 g/mol. The van der Waals surface area contributed by atoms with Crippen molar-refractivity contribution in [3.05, 3.63) is 11.6 Å². The molecule has 26 atom stereocenters. The Kier molecular flexibility index (Phi) is 14.7. The molecule has 8 aliphatic rings. The smallest absolute Gasteiger partial charge is 0.187 e. The van der Waals surface area contributed by atoms with Crippen LogP contribution in [0.15, 0.2) is 11.6 Å². The molecule has 0 aromatic heterocycles. The Morgan fingerprint density at radius 1 is 0.703 bits per heavy atom. The molecule has 64 heavy (non-hydrogen) atoms. The average molecular weight is 919 g/mol. The fourth-order valence-corrected chi connectivity index (χ4v) is 13.6. The minimum atomic E-state index is -1.90. The van der Waals surface area contributed by atoms with E-state index < -0.39 is 118 Å². The summed E-state index contributed by atoms with van der Waals surface area (Å²) >= 11 is 0. The third kappa shape index (κ3) is 8.47. The lowest BCUT2D eigenvalue weighted by Crippen LogP contribution is -2.67. The Morgan fingerprint density at radius 3 is 1.97 bits per heavy atom. The van der Waals surface area contributed by atoms with Crippen LogP contribution in [-0.4, -0.2) is 198 Å². The van der Waals surface area contributed by atoms with Crippen molar-refractivity contribution in [1.29, 1.82) is 0 Å². The number of rotatable bonds is 13. The van der Waals surface area contributed by atoms with Gasteiger partial charge in [-0.05, 0) is 91.8 Å². The summed E-state index contributed by atoms with van der Waals surface area (Å²) < 4.78 is 41.9. The maximum Gasteiger partial charge on any atom is 0.187 e. The Morgan fingerprint density at radius 2 is 1.30 bits per heavy atom. The van der Waals surface area contributed by atoms with Gasteiger partial charge in [0, 0.05) is 18.9 Å². The molecule has 4 aliphatic carbocycles.